The van der Waals surface area contributed by atoms with Gasteiger partial charge in [0.2, 0.25) is 5.91 Å². The van der Waals surface area contributed by atoms with Gasteiger partial charge in [-0.3, -0.25) is 4.79 Å². The number of carbonyl (C=O) groups is 1. The summed E-state index contributed by atoms with van der Waals surface area (Å²) in [6.07, 6.45) is 7.12. The Labute approximate surface area is 91.2 Å². The van der Waals surface area contributed by atoms with E-state index < -0.39 is 0 Å². The first-order valence-corrected chi connectivity index (χ1v) is 6.29. The van der Waals surface area contributed by atoms with Crippen molar-refractivity contribution in [3.63, 3.8) is 0 Å². The molecule has 1 N–H and O–H groups in total. The maximum absolute atomic E-state index is 12.0. The zero-order chi connectivity index (χ0) is 10.3. The van der Waals surface area contributed by atoms with Crippen molar-refractivity contribution in [2.24, 2.45) is 5.41 Å². The summed E-state index contributed by atoms with van der Waals surface area (Å²) < 4.78 is 0. The number of piperidine rings is 2. The SMILES string of the molecule is O=C1CC2(CCN1C1CCCNC1)CC2. The van der Waals surface area contributed by atoms with Crippen molar-refractivity contribution in [1.82, 2.24) is 10.2 Å². The van der Waals surface area contributed by atoms with Gasteiger partial charge in [0, 0.05) is 25.6 Å². The number of amides is 1. The van der Waals surface area contributed by atoms with E-state index in [9.17, 15) is 4.79 Å². The van der Waals surface area contributed by atoms with Crippen LogP contribution in [-0.4, -0.2) is 36.5 Å². The smallest absolute Gasteiger partial charge is 0.223 e. The molecule has 3 rings (SSSR count). The van der Waals surface area contributed by atoms with E-state index in [1.165, 1.54) is 32.1 Å². The number of nitrogens with zero attached hydrogens (tertiary/aromatic N) is 1. The van der Waals surface area contributed by atoms with Crippen LogP contribution < -0.4 is 5.32 Å². The van der Waals surface area contributed by atoms with E-state index in [2.05, 4.69) is 10.2 Å². The summed E-state index contributed by atoms with van der Waals surface area (Å²) in [5.74, 6) is 0.424. The molecule has 3 heteroatoms. The lowest BCUT2D eigenvalue weighted by Gasteiger charge is -2.39. The molecule has 0 aromatic carbocycles. The van der Waals surface area contributed by atoms with Gasteiger partial charge in [0.1, 0.15) is 0 Å². The van der Waals surface area contributed by atoms with E-state index in [1.807, 2.05) is 0 Å². The van der Waals surface area contributed by atoms with Crippen LogP contribution in [0.15, 0.2) is 0 Å². The third-order valence-electron chi connectivity index (χ3n) is 4.40. The van der Waals surface area contributed by atoms with Crippen LogP contribution in [0, 0.1) is 5.41 Å². The second-order valence-electron chi connectivity index (χ2n) is 5.51. The summed E-state index contributed by atoms with van der Waals surface area (Å²) in [5.41, 5.74) is 0.468. The lowest BCUT2D eigenvalue weighted by atomic mass is 9.91. The van der Waals surface area contributed by atoms with Crippen LogP contribution in [0.2, 0.25) is 0 Å². The van der Waals surface area contributed by atoms with Gasteiger partial charge in [0.15, 0.2) is 0 Å². The highest BCUT2D eigenvalue weighted by molar-refractivity contribution is 5.78. The van der Waals surface area contributed by atoms with Crippen molar-refractivity contribution >= 4 is 5.91 Å². The topological polar surface area (TPSA) is 32.3 Å². The Balaban J connectivity index is 1.63. The highest BCUT2D eigenvalue weighted by atomic mass is 16.2. The van der Waals surface area contributed by atoms with Gasteiger partial charge in [-0.25, -0.2) is 0 Å². The number of hydrogen-bond acceptors (Lipinski definition) is 2. The van der Waals surface area contributed by atoms with E-state index in [-0.39, 0.29) is 0 Å². The third-order valence-corrected chi connectivity index (χ3v) is 4.40. The minimum Gasteiger partial charge on any atom is -0.338 e. The molecule has 0 bridgehead atoms. The maximum Gasteiger partial charge on any atom is 0.223 e. The molecule has 0 radical (unpaired) electrons. The first-order valence-electron chi connectivity index (χ1n) is 6.29. The number of nitrogens with one attached hydrogen (secondary N) is 1. The van der Waals surface area contributed by atoms with Gasteiger partial charge >= 0.3 is 0 Å². The molecule has 0 aromatic rings. The Hall–Kier alpha value is -0.570. The largest absolute Gasteiger partial charge is 0.338 e. The minimum atomic E-state index is 0.424. The molecule has 3 aliphatic rings. The molecule has 3 nitrogen and oxygen atoms in total. The van der Waals surface area contributed by atoms with Gasteiger partial charge in [-0.1, -0.05) is 0 Å². The zero-order valence-electron chi connectivity index (χ0n) is 9.30. The quantitative estimate of drug-likeness (QED) is 0.701. The fourth-order valence-electron chi connectivity index (χ4n) is 3.08. The molecular formula is C12H20N2O. The van der Waals surface area contributed by atoms with Gasteiger partial charge in [0.25, 0.3) is 0 Å². The number of hydrogen-bond donors (Lipinski definition) is 1. The Morgan fingerprint density at radius 1 is 1.33 bits per heavy atom. The van der Waals surface area contributed by atoms with Crippen LogP contribution in [0.4, 0.5) is 0 Å². The third kappa shape index (κ3) is 1.78. The van der Waals surface area contributed by atoms with Crippen molar-refractivity contribution in [3.05, 3.63) is 0 Å². The molecule has 1 atom stereocenters. The van der Waals surface area contributed by atoms with E-state index in [1.54, 1.807) is 0 Å². The lowest BCUT2D eigenvalue weighted by molar-refractivity contribution is -0.138. The van der Waals surface area contributed by atoms with Crippen molar-refractivity contribution in [2.75, 3.05) is 19.6 Å². The average Bonchev–Trinajstić information content (AvgIpc) is 2.99. The molecule has 3 fully saturated rings. The second-order valence-corrected chi connectivity index (χ2v) is 5.51. The van der Waals surface area contributed by atoms with Gasteiger partial charge in [0.05, 0.1) is 0 Å². The van der Waals surface area contributed by atoms with Gasteiger partial charge in [-0.15, -0.1) is 0 Å². The van der Waals surface area contributed by atoms with Crippen LogP contribution in [-0.2, 0) is 4.79 Å². The highest BCUT2D eigenvalue weighted by Crippen LogP contribution is 2.54. The second kappa shape index (κ2) is 3.48. The number of likely N-dealkylation sites (tertiary alicyclic amines) is 1. The molecular weight excluding hydrogens is 188 g/mol. The van der Waals surface area contributed by atoms with Gasteiger partial charge < -0.3 is 10.2 Å². The van der Waals surface area contributed by atoms with Crippen molar-refractivity contribution in [3.8, 4) is 0 Å². The normalized spacial score (nSPS) is 34.5. The van der Waals surface area contributed by atoms with E-state index in [0.29, 0.717) is 17.4 Å². The summed E-state index contributed by atoms with van der Waals surface area (Å²) in [6.45, 7) is 3.16. The molecule has 2 saturated heterocycles. The lowest BCUT2D eigenvalue weighted by Crippen LogP contribution is -2.51. The molecule has 2 aliphatic heterocycles. The van der Waals surface area contributed by atoms with Crippen molar-refractivity contribution in [2.45, 2.75) is 44.6 Å². The fourth-order valence-corrected chi connectivity index (χ4v) is 3.08. The first kappa shape index (κ1) is 9.64. The summed E-state index contributed by atoms with van der Waals surface area (Å²) in [7, 11) is 0. The molecule has 1 spiro atoms. The summed E-state index contributed by atoms with van der Waals surface area (Å²) in [6, 6.07) is 0.488. The Morgan fingerprint density at radius 3 is 2.80 bits per heavy atom. The Bertz CT molecular complexity index is 267. The number of carbonyl (C=O) groups excluding carboxylic acids is 1. The summed E-state index contributed by atoms with van der Waals surface area (Å²) in [4.78, 5) is 14.2. The van der Waals surface area contributed by atoms with Gasteiger partial charge in [-0.05, 0) is 44.1 Å². The Kier molecular flexibility index (Phi) is 2.23. The van der Waals surface area contributed by atoms with Crippen LogP contribution in [0.1, 0.15) is 38.5 Å². The summed E-state index contributed by atoms with van der Waals surface area (Å²) in [5, 5.41) is 3.40. The van der Waals surface area contributed by atoms with Gasteiger partial charge in [-0.2, -0.15) is 0 Å². The predicted molar refractivity (Wildman–Crippen MR) is 58.5 cm³/mol. The highest BCUT2D eigenvalue weighted by Gasteiger charge is 2.48. The summed E-state index contributed by atoms with van der Waals surface area (Å²) >= 11 is 0. The molecule has 1 amide bonds. The van der Waals surface area contributed by atoms with E-state index >= 15 is 0 Å². The van der Waals surface area contributed by atoms with E-state index in [0.717, 1.165) is 26.1 Å². The van der Waals surface area contributed by atoms with Crippen LogP contribution >= 0.6 is 0 Å². The molecule has 1 saturated carbocycles. The molecule has 1 aliphatic carbocycles. The van der Waals surface area contributed by atoms with Crippen molar-refractivity contribution < 1.29 is 4.79 Å². The minimum absolute atomic E-state index is 0.424. The number of rotatable bonds is 1. The van der Waals surface area contributed by atoms with E-state index in [4.69, 9.17) is 0 Å². The molecule has 84 valence electrons. The predicted octanol–water partition coefficient (Wildman–Crippen LogP) is 1.14. The molecule has 0 aromatic heterocycles. The van der Waals surface area contributed by atoms with Crippen LogP contribution in [0.5, 0.6) is 0 Å². The molecule has 1 unspecified atom stereocenters. The maximum atomic E-state index is 12.0. The zero-order valence-corrected chi connectivity index (χ0v) is 9.30. The standard InChI is InChI=1S/C12H20N2O/c15-11-8-12(3-4-12)5-7-14(11)10-2-1-6-13-9-10/h10,13H,1-9H2. The fraction of sp³-hybridized carbons (Fsp3) is 0.917. The average molecular weight is 208 g/mol. The van der Waals surface area contributed by atoms with Crippen LogP contribution in [0.25, 0.3) is 0 Å². The molecule has 2 heterocycles. The molecule has 15 heavy (non-hydrogen) atoms. The Morgan fingerprint density at radius 2 is 2.20 bits per heavy atom. The van der Waals surface area contributed by atoms with Crippen LogP contribution in [0.3, 0.4) is 0 Å². The monoisotopic (exact) mass is 208 g/mol. The van der Waals surface area contributed by atoms with Crippen molar-refractivity contribution in [1.29, 1.82) is 0 Å². The first-order chi connectivity index (χ1) is 7.29.